The number of pyridine rings is 1. The fourth-order valence-corrected chi connectivity index (χ4v) is 5.27. The van der Waals surface area contributed by atoms with Crippen molar-refractivity contribution in [1.82, 2.24) is 15.2 Å². The van der Waals surface area contributed by atoms with Gasteiger partial charge in [-0.25, -0.2) is 0 Å². The van der Waals surface area contributed by atoms with E-state index < -0.39 is 0 Å². The van der Waals surface area contributed by atoms with Crippen LogP contribution in [0, 0.1) is 0 Å². The maximum Gasteiger partial charge on any atom is 0.0951 e. The SMILES string of the molecule is C[C@@H]1CN(c2ccc(N)c3ncccc23)C[C@H](C)N1Cc1ccc(N2CCNCC2)cc1. The first-order valence-electron chi connectivity index (χ1n) is 11.8. The molecule has 6 heteroatoms. The third-order valence-electron chi connectivity index (χ3n) is 7.00. The van der Waals surface area contributed by atoms with Gasteiger partial charge in [0, 0.05) is 80.9 Å². The predicted molar refractivity (Wildman–Crippen MR) is 134 cm³/mol. The molecule has 5 rings (SSSR count). The average Bonchev–Trinajstić information content (AvgIpc) is 2.83. The van der Waals surface area contributed by atoms with Crippen LogP contribution in [0.25, 0.3) is 10.9 Å². The molecular formula is C26H34N6. The Labute approximate surface area is 191 Å². The molecule has 0 unspecified atom stereocenters. The number of anilines is 3. The van der Waals surface area contributed by atoms with Crippen molar-refractivity contribution in [3.8, 4) is 0 Å². The molecule has 0 spiro atoms. The Bertz CT molecular complexity index is 1050. The lowest BCUT2D eigenvalue weighted by Gasteiger charge is -2.45. The lowest BCUT2D eigenvalue weighted by molar-refractivity contribution is 0.123. The highest BCUT2D eigenvalue weighted by Gasteiger charge is 2.30. The number of piperazine rings is 2. The van der Waals surface area contributed by atoms with E-state index in [9.17, 15) is 0 Å². The van der Waals surface area contributed by atoms with Gasteiger partial charge in [0.15, 0.2) is 0 Å². The van der Waals surface area contributed by atoms with Gasteiger partial charge < -0.3 is 20.9 Å². The molecule has 0 aliphatic carbocycles. The monoisotopic (exact) mass is 430 g/mol. The van der Waals surface area contributed by atoms with Crippen molar-refractivity contribution < 1.29 is 0 Å². The van der Waals surface area contributed by atoms with Crippen LogP contribution in [-0.2, 0) is 6.54 Å². The maximum atomic E-state index is 6.18. The normalized spacial score (nSPS) is 22.4. The molecule has 6 nitrogen and oxygen atoms in total. The zero-order valence-corrected chi connectivity index (χ0v) is 19.2. The van der Waals surface area contributed by atoms with E-state index in [4.69, 9.17) is 5.73 Å². The van der Waals surface area contributed by atoms with Gasteiger partial charge in [-0.05, 0) is 55.8 Å². The summed E-state index contributed by atoms with van der Waals surface area (Å²) in [4.78, 5) is 12.1. The maximum absolute atomic E-state index is 6.18. The van der Waals surface area contributed by atoms with E-state index in [1.54, 1.807) is 0 Å². The first-order valence-corrected chi connectivity index (χ1v) is 11.8. The van der Waals surface area contributed by atoms with Crippen molar-refractivity contribution in [2.45, 2.75) is 32.5 Å². The molecule has 32 heavy (non-hydrogen) atoms. The predicted octanol–water partition coefficient (Wildman–Crippen LogP) is 3.33. The second-order valence-corrected chi connectivity index (χ2v) is 9.25. The van der Waals surface area contributed by atoms with Gasteiger partial charge in [0.1, 0.15) is 0 Å². The number of hydrogen-bond acceptors (Lipinski definition) is 6. The molecule has 0 amide bonds. The van der Waals surface area contributed by atoms with E-state index in [0.717, 1.165) is 62.4 Å². The van der Waals surface area contributed by atoms with Crippen LogP contribution >= 0.6 is 0 Å². The molecule has 3 heterocycles. The molecule has 2 aliphatic rings. The Morgan fingerprint density at radius 1 is 0.938 bits per heavy atom. The summed E-state index contributed by atoms with van der Waals surface area (Å²) in [5, 5.41) is 4.57. The quantitative estimate of drug-likeness (QED) is 0.619. The van der Waals surface area contributed by atoms with Crippen LogP contribution < -0.4 is 20.9 Å². The van der Waals surface area contributed by atoms with Crippen molar-refractivity contribution in [3.63, 3.8) is 0 Å². The van der Waals surface area contributed by atoms with E-state index in [0.29, 0.717) is 12.1 Å². The van der Waals surface area contributed by atoms with Crippen molar-refractivity contribution in [2.75, 3.05) is 54.8 Å². The Morgan fingerprint density at radius 3 is 2.38 bits per heavy atom. The minimum Gasteiger partial charge on any atom is -0.397 e. The Kier molecular flexibility index (Phi) is 5.89. The summed E-state index contributed by atoms with van der Waals surface area (Å²) in [6.07, 6.45) is 1.82. The average molecular weight is 431 g/mol. The summed E-state index contributed by atoms with van der Waals surface area (Å²) in [7, 11) is 0. The summed E-state index contributed by atoms with van der Waals surface area (Å²) < 4.78 is 0. The molecule has 2 aliphatic heterocycles. The number of fused-ring (bicyclic) bond motifs is 1. The second-order valence-electron chi connectivity index (χ2n) is 9.25. The third kappa shape index (κ3) is 4.12. The fourth-order valence-electron chi connectivity index (χ4n) is 5.27. The number of nitrogen functional groups attached to an aromatic ring is 1. The van der Waals surface area contributed by atoms with Crippen LogP contribution in [0.15, 0.2) is 54.7 Å². The lowest BCUT2D eigenvalue weighted by atomic mass is 10.0. The van der Waals surface area contributed by atoms with Crippen molar-refractivity contribution in [1.29, 1.82) is 0 Å². The van der Waals surface area contributed by atoms with E-state index >= 15 is 0 Å². The zero-order chi connectivity index (χ0) is 22.1. The van der Waals surface area contributed by atoms with E-state index in [1.165, 1.54) is 16.9 Å². The van der Waals surface area contributed by atoms with Gasteiger partial charge in [0.2, 0.25) is 0 Å². The van der Waals surface area contributed by atoms with Crippen LogP contribution in [0.1, 0.15) is 19.4 Å². The molecule has 0 saturated carbocycles. The fraction of sp³-hybridized carbons (Fsp3) is 0.423. The Hall–Kier alpha value is -2.83. The number of nitrogens with one attached hydrogen (secondary N) is 1. The molecule has 0 bridgehead atoms. The van der Waals surface area contributed by atoms with Gasteiger partial charge in [-0.1, -0.05) is 12.1 Å². The summed E-state index contributed by atoms with van der Waals surface area (Å²) in [5.41, 5.74) is 11.8. The van der Waals surface area contributed by atoms with Gasteiger partial charge in [-0.15, -0.1) is 0 Å². The number of nitrogens with zero attached hydrogens (tertiary/aromatic N) is 4. The molecule has 2 aromatic carbocycles. The molecule has 2 saturated heterocycles. The number of aromatic nitrogens is 1. The molecule has 0 radical (unpaired) electrons. The van der Waals surface area contributed by atoms with E-state index in [-0.39, 0.29) is 0 Å². The Balaban J connectivity index is 1.29. The first-order chi connectivity index (χ1) is 15.6. The molecule has 2 fully saturated rings. The van der Waals surface area contributed by atoms with E-state index in [2.05, 4.69) is 75.2 Å². The molecule has 1 aromatic heterocycles. The highest BCUT2D eigenvalue weighted by atomic mass is 15.3. The molecule has 2 atom stereocenters. The number of hydrogen-bond donors (Lipinski definition) is 2. The van der Waals surface area contributed by atoms with Gasteiger partial charge in [0.05, 0.1) is 11.2 Å². The summed E-state index contributed by atoms with van der Waals surface area (Å²) >= 11 is 0. The minimum absolute atomic E-state index is 0.455. The van der Waals surface area contributed by atoms with Crippen LogP contribution in [-0.4, -0.2) is 61.2 Å². The van der Waals surface area contributed by atoms with Crippen LogP contribution in [0.4, 0.5) is 17.1 Å². The number of benzene rings is 2. The third-order valence-corrected chi connectivity index (χ3v) is 7.00. The highest BCUT2D eigenvalue weighted by molar-refractivity contribution is 5.98. The van der Waals surface area contributed by atoms with E-state index in [1.807, 2.05) is 18.3 Å². The molecular weight excluding hydrogens is 396 g/mol. The van der Waals surface area contributed by atoms with Gasteiger partial charge in [-0.3, -0.25) is 9.88 Å². The zero-order valence-electron chi connectivity index (χ0n) is 19.2. The number of rotatable bonds is 4. The molecule has 3 aromatic rings. The van der Waals surface area contributed by atoms with Crippen LogP contribution in [0.5, 0.6) is 0 Å². The smallest absolute Gasteiger partial charge is 0.0951 e. The minimum atomic E-state index is 0.455. The number of nitrogens with two attached hydrogens (primary N) is 1. The van der Waals surface area contributed by atoms with Gasteiger partial charge in [-0.2, -0.15) is 0 Å². The first kappa shape index (κ1) is 21.0. The molecule has 3 N–H and O–H groups in total. The Morgan fingerprint density at radius 2 is 1.66 bits per heavy atom. The van der Waals surface area contributed by atoms with Crippen molar-refractivity contribution in [3.05, 3.63) is 60.3 Å². The lowest BCUT2D eigenvalue weighted by Crippen LogP contribution is -2.56. The summed E-state index contributed by atoms with van der Waals surface area (Å²) in [5.74, 6) is 0. The highest BCUT2D eigenvalue weighted by Crippen LogP contribution is 2.32. The second kappa shape index (κ2) is 8.96. The van der Waals surface area contributed by atoms with Crippen LogP contribution in [0.3, 0.4) is 0 Å². The van der Waals surface area contributed by atoms with Crippen molar-refractivity contribution in [2.24, 2.45) is 0 Å². The molecule has 168 valence electrons. The summed E-state index contributed by atoms with van der Waals surface area (Å²) in [6.45, 7) is 12.0. The standard InChI is InChI=1S/C26H34N6/c1-19-16-31(25-10-9-24(27)26-23(25)4-3-11-29-26)17-20(2)32(19)18-21-5-7-22(8-6-21)30-14-12-28-13-15-30/h3-11,19-20,28H,12-18,27H2,1-2H3/t19-,20+. The largest absolute Gasteiger partial charge is 0.397 e. The summed E-state index contributed by atoms with van der Waals surface area (Å²) in [6, 6.07) is 18.4. The van der Waals surface area contributed by atoms with Crippen molar-refractivity contribution >= 4 is 28.0 Å². The van der Waals surface area contributed by atoms with Crippen LogP contribution in [0.2, 0.25) is 0 Å². The topological polar surface area (TPSA) is 60.7 Å². The van der Waals surface area contributed by atoms with Gasteiger partial charge in [0.25, 0.3) is 0 Å². The van der Waals surface area contributed by atoms with Gasteiger partial charge >= 0.3 is 0 Å².